The van der Waals surface area contributed by atoms with Crippen LogP contribution in [0.15, 0.2) is 24.3 Å². The molecule has 0 radical (unpaired) electrons. The summed E-state index contributed by atoms with van der Waals surface area (Å²) in [5, 5.41) is 8.73. The van der Waals surface area contributed by atoms with Crippen molar-refractivity contribution in [3.8, 4) is 6.07 Å². The van der Waals surface area contributed by atoms with Gasteiger partial charge in [0, 0.05) is 24.7 Å². The standard InChI is InChI=1S/C14H16N2O/c1-11(17)13-6-8-16(9-7-13)14-4-2-12(10-15)3-5-14/h2-5,13H,6-9H2,1H3. The van der Waals surface area contributed by atoms with E-state index in [4.69, 9.17) is 5.26 Å². The topological polar surface area (TPSA) is 44.1 Å². The highest BCUT2D eigenvalue weighted by Crippen LogP contribution is 2.23. The summed E-state index contributed by atoms with van der Waals surface area (Å²) in [4.78, 5) is 13.5. The third kappa shape index (κ3) is 2.65. The maximum Gasteiger partial charge on any atom is 0.133 e. The Kier molecular flexibility index (Phi) is 3.43. The normalized spacial score (nSPS) is 16.6. The molecule has 1 aliphatic heterocycles. The van der Waals surface area contributed by atoms with Crippen molar-refractivity contribution in [2.45, 2.75) is 19.8 Å². The molecule has 88 valence electrons. The van der Waals surface area contributed by atoms with Crippen LogP contribution in [0.5, 0.6) is 0 Å². The molecular formula is C14H16N2O. The summed E-state index contributed by atoms with van der Waals surface area (Å²) < 4.78 is 0. The highest BCUT2D eigenvalue weighted by molar-refractivity contribution is 5.78. The van der Waals surface area contributed by atoms with Crippen LogP contribution < -0.4 is 4.90 Å². The summed E-state index contributed by atoms with van der Waals surface area (Å²) in [5.74, 6) is 0.550. The Balaban J connectivity index is 2.00. The zero-order chi connectivity index (χ0) is 12.3. The molecule has 0 bridgehead atoms. The lowest BCUT2D eigenvalue weighted by molar-refractivity contribution is -0.121. The number of Topliss-reactive ketones (excluding diaryl/α,β-unsaturated/α-hetero) is 1. The maximum atomic E-state index is 11.3. The minimum Gasteiger partial charge on any atom is -0.371 e. The van der Waals surface area contributed by atoms with Gasteiger partial charge in [0.1, 0.15) is 5.78 Å². The van der Waals surface area contributed by atoms with Crippen LogP contribution in [0.4, 0.5) is 5.69 Å². The molecule has 0 atom stereocenters. The zero-order valence-electron chi connectivity index (χ0n) is 10.0. The van der Waals surface area contributed by atoms with Crippen LogP contribution in [0.25, 0.3) is 0 Å². The number of carbonyl (C=O) groups excluding carboxylic acids is 1. The molecule has 0 unspecified atom stereocenters. The Labute approximate surface area is 102 Å². The fourth-order valence-electron chi connectivity index (χ4n) is 2.29. The monoisotopic (exact) mass is 228 g/mol. The molecule has 0 aromatic heterocycles. The van der Waals surface area contributed by atoms with Crippen LogP contribution >= 0.6 is 0 Å². The number of benzene rings is 1. The van der Waals surface area contributed by atoms with Crippen molar-refractivity contribution in [3.05, 3.63) is 29.8 Å². The van der Waals surface area contributed by atoms with Crippen LogP contribution in [-0.4, -0.2) is 18.9 Å². The molecular weight excluding hydrogens is 212 g/mol. The molecule has 0 aliphatic carbocycles. The molecule has 1 heterocycles. The van der Waals surface area contributed by atoms with Gasteiger partial charge < -0.3 is 4.90 Å². The first-order valence-corrected chi connectivity index (χ1v) is 5.96. The average Bonchev–Trinajstić information content (AvgIpc) is 2.39. The highest BCUT2D eigenvalue weighted by atomic mass is 16.1. The predicted octanol–water partition coefficient (Wildman–Crippen LogP) is 2.36. The van der Waals surface area contributed by atoms with Gasteiger partial charge in [-0.25, -0.2) is 0 Å². The second kappa shape index (κ2) is 5.01. The van der Waals surface area contributed by atoms with Gasteiger partial charge in [-0.15, -0.1) is 0 Å². The van der Waals surface area contributed by atoms with Gasteiger partial charge in [0.05, 0.1) is 11.6 Å². The fraction of sp³-hybridized carbons (Fsp3) is 0.429. The van der Waals surface area contributed by atoms with E-state index in [9.17, 15) is 4.79 Å². The molecule has 1 aromatic rings. The van der Waals surface area contributed by atoms with E-state index in [0.29, 0.717) is 11.3 Å². The van der Waals surface area contributed by atoms with Gasteiger partial charge in [0.25, 0.3) is 0 Å². The summed E-state index contributed by atoms with van der Waals surface area (Å²) in [6.45, 7) is 3.54. The molecule has 3 heteroatoms. The predicted molar refractivity (Wildman–Crippen MR) is 66.8 cm³/mol. The molecule has 2 rings (SSSR count). The lowest BCUT2D eigenvalue weighted by Crippen LogP contribution is -2.35. The SMILES string of the molecule is CC(=O)C1CCN(c2ccc(C#N)cc2)CC1. The summed E-state index contributed by atoms with van der Waals surface area (Å²) in [7, 11) is 0. The molecule has 1 fully saturated rings. The third-order valence-corrected chi connectivity index (χ3v) is 3.43. The Morgan fingerprint density at radius 2 is 1.88 bits per heavy atom. The highest BCUT2D eigenvalue weighted by Gasteiger charge is 2.22. The zero-order valence-corrected chi connectivity index (χ0v) is 10.0. The van der Waals surface area contributed by atoms with Crippen molar-refractivity contribution in [3.63, 3.8) is 0 Å². The molecule has 1 saturated heterocycles. The quantitative estimate of drug-likeness (QED) is 0.780. The minimum atomic E-state index is 0.240. The van der Waals surface area contributed by atoms with E-state index < -0.39 is 0 Å². The van der Waals surface area contributed by atoms with Crippen molar-refractivity contribution < 1.29 is 4.79 Å². The smallest absolute Gasteiger partial charge is 0.133 e. The first kappa shape index (κ1) is 11.7. The number of nitrogens with zero attached hydrogens (tertiary/aromatic N) is 2. The van der Waals surface area contributed by atoms with Crippen LogP contribution in [0.2, 0.25) is 0 Å². The largest absolute Gasteiger partial charge is 0.371 e. The third-order valence-electron chi connectivity index (χ3n) is 3.43. The Hall–Kier alpha value is -1.82. The first-order chi connectivity index (χ1) is 8.20. The molecule has 1 aliphatic rings. The van der Waals surface area contributed by atoms with Gasteiger partial charge in [-0.05, 0) is 44.0 Å². The van der Waals surface area contributed by atoms with Gasteiger partial charge in [-0.2, -0.15) is 5.26 Å². The van der Waals surface area contributed by atoms with E-state index in [1.165, 1.54) is 0 Å². The number of carbonyl (C=O) groups is 1. The number of piperidine rings is 1. The van der Waals surface area contributed by atoms with E-state index in [-0.39, 0.29) is 5.92 Å². The van der Waals surface area contributed by atoms with Crippen molar-refractivity contribution in [2.75, 3.05) is 18.0 Å². The second-order valence-electron chi connectivity index (χ2n) is 4.53. The lowest BCUT2D eigenvalue weighted by atomic mass is 9.93. The number of rotatable bonds is 2. The van der Waals surface area contributed by atoms with Crippen molar-refractivity contribution in [2.24, 2.45) is 5.92 Å². The molecule has 17 heavy (non-hydrogen) atoms. The van der Waals surface area contributed by atoms with E-state index in [2.05, 4.69) is 11.0 Å². The van der Waals surface area contributed by atoms with E-state index in [0.717, 1.165) is 31.6 Å². The number of ketones is 1. The van der Waals surface area contributed by atoms with E-state index in [1.54, 1.807) is 6.92 Å². The lowest BCUT2D eigenvalue weighted by Gasteiger charge is -2.32. The fourth-order valence-corrected chi connectivity index (χ4v) is 2.29. The van der Waals surface area contributed by atoms with Crippen molar-refractivity contribution >= 4 is 11.5 Å². The molecule has 3 nitrogen and oxygen atoms in total. The molecule has 0 spiro atoms. The van der Waals surface area contributed by atoms with Gasteiger partial charge in [-0.3, -0.25) is 4.79 Å². The molecule has 1 aromatic carbocycles. The van der Waals surface area contributed by atoms with Gasteiger partial charge in [0.2, 0.25) is 0 Å². The average molecular weight is 228 g/mol. The Morgan fingerprint density at radius 1 is 1.29 bits per heavy atom. The number of nitriles is 1. The Bertz CT molecular complexity index is 436. The van der Waals surface area contributed by atoms with Crippen LogP contribution in [0, 0.1) is 17.2 Å². The first-order valence-electron chi connectivity index (χ1n) is 5.96. The Morgan fingerprint density at radius 3 is 2.35 bits per heavy atom. The van der Waals surface area contributed by atoms with Gasteiger partial charge in [-0.1, -0.05) is 0 Å². The number of anilines is 1. The van der Waals surface area contributed by atoms with Gasteiger partial charge in [0.15, 0.2) is 0 Å². The molecule has 0 saturated carbocycles. The maximum absolute atomic E-state index is 11.3. The minimum absolute atomic E-state index is 0.240. The summed E-state index contributed by atoms with van der Waals surface area (Å²) in [6.07, 6.45) is 1.88. The second-order valence-corrected chi connectivity index (χ2v) is 4.53. The van der Waals surface area contributed by atoms with Gasteiger partial charge >= 0.3 is 0 Å². The van der Waals surface area contributed by atoms with Crippen LogP contribution in [-0.2, 0) is 4.79 Å². The molecule has 0 N–H and O–H groups in total. The summed E-state index contributed by atoms with van der Waals surface area (Å²) >= 11 is 0. The summed E-state index contributed by atoms with van der Waals surface area (Å²) in [6, 6.07) is 9.75. The van der Waals surface area contributed by atoms with E-state index in [1.807, 2.05) is 24.3 Å². The van der Waals surface area contributed by atoms with Crippen molar-refractivity contribution in [1.29, 1.82) is 5.26 Å². The van der Waals surface area contributed by atoms with E-state index >= 15 is 0 Å². The number of hydrogen-bond acceptors (Lipinski definition) is 3. The van der Waals surface area contributed by atoms with Crippen LogP contribution in [0.1, 0.15) is 25.3 Å². The molecule has 0 amide bonds. The van der Waals surface area contributed by atoms with Crippen LogP contribution in [0.3, 0.4) is 0 Å². The number of hydrogen-bond donors (Lipinski definition) is 0. The summed E-state index contributed by atoms with van der Waals surface area (Å²) in [5.41, 5.74) is 1.83. The van der Waals surface area contributed by atoms with Crippen molar-refractivity contribution in [1.82, 2.24) is 0 Å².